The van der Waals surface area contributed by atoms with Crippen molar-refractivity contribution in [2.45, 2.75) is 104 Å². The maximum atomic E-state index is 14.4. The lowest BCUT2D eigenvalue weighted by atomic mass is 9.87. The molecule has 1 N–H and O–H groups in total. The van der Waals surface area contributed by atoms with Gasteiger partial charge in [-0.15, -0.1) is 0 Å². The predicted octanol–water partition coefficient (Wildman–Crippen LogP) is 8.72. The molecule has 0 spiro atoms. The van der Waals surface area contributed by atoms with Crippen LogP contribution in [0.4, 0.5) is 13.2 Å². The van der Waals surface area contributed by atoms with Crippen molar-refractivity contribution in [2.24, 2.45) is 11.8 Å². The highest BCUT2D eigenvalue weighted by Gasteiger charge is 2.64. The zero-order valence-electron chi connectivity index (χ0n) is 27.9. The molecule has 1 heterocycles. The summed E-state index contributed by atoms with van der Waals surface area (Å²) in [6, 6.07) is 10.0. The Morgan fingerprint density at radius 1 is 1.13 bits per heavy atom. The number of ether oxygens (including phenoxy) is 3. The fourth-order valence-corrected chi connectivity index (χ4v) is 5.83. The normalized spacial score (nSPS) is 19.7. The standard InChI is InChI=1S/C37H47F3O6/c1-24(2)21-31(45-34(43)36(44-7,37(38,39)40)29-16-9-8-10-17-29)32(42)26(4)15-11-13-25(3)14-12-19-35(6)20-18-28-23-30(41)22-27(5)33(28)46-35/h8-11,14-17,22-24,26,31,41H,12-13,18-21H2,1-7H3/b15-11-,25-14+/t26?,31-,35-,36+/m1/s1. The second-order valence-corrected chi connectivity index (χ2v) is 13.0. The number of carbonyl (C=O) groups excluding carboxylic acids is 2. The Morgan fingerprint density at radius 3 is 2.41 bits per heavy atom. The first-order valence-electron chi connectivity index (χ1n) is 15.8. The lowest BCUT2D eigenvalue weighted by Gasteiger charge is -2.36. The van der Waals surface area contributed by atoms with Gasteiger partial charge in [-0.2, -0.15) is 13.2 Å². The largest absolute Gasteiger partial charge is 0.508 e. The Morgan fingerprint density at radius 2 is 1.80 bits per heavy atom. The molecule has 0 fully saturated rings. The second-order valence-electron chi connectivity index (χ2n) is 13.0. The van der Waals surface area contributed by atoms with Crippen LogP contribution in [-0.2, 0) is 31.1 Å². The molecule has 1 unspecified atom stereocenters. The van der Waals surface area contributed by atoms with Crippen LogP contribution >= 0.6 is 0 Å². The van der Waals surface area contributed by atoms with Gasteiger partial charge in [-0.3, -0.25) is 4.79 Å². The van der Waals surface area contributed by atoms with Crippen LogP contribution < -0.4 is 4.74 Å². The van der Waals surface area contributed by atoms with Crippen molar-refractivity contribution in [3.05, 3.63) is 83.0 Å². The minimum atomic E-state index is -5.13. The number of fused-ring (bicyclic) bond motifs is 1. The van der Waals surface area contributed by atoms with E-state index in [1.54, 1.807) is 39.0 Å². The second kappa shape index (κ2) is 15.3. The maximum absolute atomic E-state index is 14.4. The van der Waals surface area contributed by atoms with E-state index in [-0.39, 0.29) is 23.7 Å². The molecule has 9 heteroatoms. The average Bonchev–Trinajstić information content (AvgIpc) is 2.97. The summed E-state index contributed by atoms with van der Waals surface area (Å²) in [4.78, 5) is 26.6. The summed E-state index contributed by atoms with van der Waals surface area (Å²) >= 11 is 0. The summed E-state index contributed by atoms with van der Waals surface area (Å²) < 4.78 is 59.7. The van der Waals surface area contributed by atoms with Gasteiger partial charge in [-0.1, -0.05) is 74.9 Å². The number of alkyl halides is 3. The fraction of sp³-hybridized carbons (Fsp3) is 0.514. The van der Waals surface area contributed by atoms with Gasteiger partial charge in [0.25, 0.3) is 5.60 Å². The van der Waals surface area contributed by atoms with Crippen LogP contribution in [0, 0.1) is 18.8 Å². The highest BCUT2D eigenvalue weighted by Crippen LogP contribution is 2.44. The number of halogens is 3. The van der Waals surface area contributed by atoms with Crippen molar-refractivity contribution in [3.8, 4) is 11.5 Å². The molecule has 0 bridgehead atoms. The third kappa shape index (κ3) is 8.81. The summed E-state index contributed by atoms with van der Waals surface area (Å²) in [5, 5.41) is 9.89. The molecule has 3 rings (SSSR count). The number of allylic oxidation sites excluding steroid dienone is 4. The van der Waals surface area contributed by atoms with Crippen LogP contribution in [0.1, 0.15) is 83.4 Å². The number of benzene rings is 2. The average molecular weight is 645 g/mol. The van der Waals surface area contributed by atoms with Gasteiger partial charge in [0.05, 0.1) is 0 Å². The summed E-state index contributed by atoms with van der Waals surface area (Å²) in [6.45, 7) is 11.3. The van der Waals surface area contributed by atoms with Gasteiger partial charge >= 0.3 is 12.1 Å². The third-order valence-electron chi connectivity index (χ3n) is 8.51. The van der Waals surface area contributed by atoms with E-state index in [4.69, 9.17) is 14.2 Å². The molecule has 4 atom stereocenters. The third-order valence-corrected chi connectivity index (χ3v) is 8.51. The van der Waals surface area contributed by atoms with Gasteiger partial charge in [-0.05, 0) is 88.5 Å². The van der Waals surface area contributed by atoms with Crippen molar-refractivity contribution < 1.29 is 42.1 Å². The molecule has 0 amide bonds. The Labute approximate surface area is 270 Å². The molecule has 0 aliphatic carbocycles. The van der Waals surface area contributed by atoms with Crippen LogP contribution in [0.25, 0.3) is 0 Å². The fourth-order valence-electron chi connectivity index (χ4n) is 5.83. The van der Waals surface area contributed by atoms with Crippen molar-refractivity contribution in [1.82, 2.24) is 0 Å². The highest BCUT2D eigenvalue weighted by molar-refractivity contribution is 5.90. The molecule has 0 aromatic heterocycles. The number of phenolic OH excluding ortho intramolecular Hbond substituents is 1. The summed E-state index contributed by atoms with van der Waals surface area (Å²) in [7, 11) is 0.803. The number of esters is 1. The van der Waals surface area contributed by atoms with Crippen molar-refractivity contribution in [3.63, 3.8) is 0 Å². The number of hydrogen-bond acceptors (Lipinski definition) is 6. The van der Waals surface area contributed by atoms with Gasteiger partial charge in [0, 0.05) is 18.6 Å². The first-order chi connectivity index (χ1) is 21.5. The van der Waals surface area contributed by atoms with E-state index in [1.807, 2.05) is 19.9 Å². The summed E-state index contributed by atoms with van der Waals surface area (Å²) in [5.41, 5.74) is -1.07. The van der Waals surface area contributed by atoms with Crippen molar-refractivity contribution in [1.29, 1.82) is 0 Å². The predicted molar refractivity (Wildman–Crippen MR) is 172 cm³/mol. The van der Waals surface area contributed by atoms with E-state index in [9.17, 15) is 27.9 Å². The molecule has 1 aliphatic heterocycles. The van der Waals surface area contributed by atoms with E-state index in [0.717, 1.165) is 67.4 Å². The van der Waals surface area contributed by atoms with Gasteiger partial charge in [0.2, 0.25) is 0 Å². The smallest absolute Gasteiger partial charge is 0.432 e. The van der Waals surface area contributed by atoms with Gasteiger partial charge < -0.3 is 19.3 Å². The molecule has 6 nitrogen and oxygen atoms in total. The van der Waals surface area contributed by atoms with Gasteiger partial charge in [-0.25, -0.2) is 4.79 Å². The minimum Gasteiger partial charge on any atom is -0.508 e. The number of methoxy groups -OCH3 is 1. The van der Waals surface area contributed by atoms with E-state index < -0.39 is 41.1 Å². The zero-order valence-corrected chi connectivity index (χ0v) is 27.9. The van der Waals surface area contributed by atoms with Gasteiger partial charge in [0.15, 0.2) is 11.9 Å². The maximum Gasteiger partial charge on any atom is 0.432 e. The molecule has 2 aromatic rings. The van der Waals surface area contributed by atoms with Crippen LogP contribution in [0.15, 0.2) is 66.3 Å². The number of phenols is 1. The number of hydrogen-bond donors (Lipinski definition) is 1. The lowest BCUT2D eigenvalue weighted by Crippen LogP contribution is -2.53. The van der Waals surface area contributed by atoms with Crippen molar-refractivity contribution >= 4 is 11.8 Å². The number of aromatic hydroxyl groups is 1. The molecule has 252 valence electrons. The molecule has 2 aromatic carbocycles. The van der Waals surface area contributed by atoms with E-state index in [1.165, 1.54) is 18.2 Å². The molecular weight excluding hydrogens is 597 g/mol. The number of Topliss-reactive ketones (excluding diaryl/α,β-unsaturated/α-hetero) is 1. The monoisotopic (exact) mass is 644 g/mol. The number of rotatable bonds is 14. The van der Waals surface area contributed by atoms with Crippen molar-refractivity contribution in [2.75, 3.05) is 7.11 Å². The van der Waals surface area contributed by atoms with E-state index in [2.05, 4.69) is 13.0 Å². The molecule has 46 heavy (non-hydrogen) atoms. The highest BCUT2D eigenvalue weighted by atomic mass is 19.4. The van der Waals surface area contributed by atoms with Crippen LogP contribution in [0.3, 0.4) is 0 Å². The number of aryl methyl sites for hydroxylation is 2. The molecule has 1 aliphatic rings. The van der Waals surface area contributed by atoms with E-state index in [0.29, 0.717) is 6.42 Å². The number of carbonyl (C=O) groups is 2. The minimum absolute atomic E-state index is 0.0696. The quantitative estimate of drug-likeness (QED) is 0.164. The zero-order chi connectivity index (χ0) is 34.3. The summed E-state index contributed by atoms with van der Waals surface area (Å²) in [5.74, 6) is -1.87. The summed E-state index contributed by atoms with van der Waals surface area (Å²) in [6.07, 6.45) is 3.13. The Bertz CT molecular complexity index is 1410. The molecule has 0 radical (unpaired) electrons. The Kier molecular flexibility index (Phi) is 12.3. The van der Waals surface area contributed by atoms with Crippen LogP contribution in [0.5, 0.6) is 11.5 Å². The van der Waals surface area contributed by atoms with Crippen LogP contribution in [0.2, 0.25) is 0 Å². The first-order valence-corrected chi connectivity index (χ1v) is 15.8. The molecular formula is C37H47F3O6. The Hall–Kier alpha value is -3.59. The first kappa shape index (κ1) is 36.9. The molecule has 0 saturated carbocycles. The SMILES string of the molecule is CO[C@](C(=O)O[C@H](CC(C)C)C(=O)C(C)/C=C\C/C(C)=C/CC[C@]1(C)CCc2cc(O)cc(C)c2O1)(c1ccccc1)C(F)(F)F. The molecule has 0 saturated heterocycles. The number of ketones is 1. The van der Waals surface area contributed by atoms with E-state index >= 15 is 0 Å². The lowest BCUT2D eigenvalue weighted by molar-refractivity contribution is -0.278. The topological polar surface area (TPSA) is 82.1 Å². The van der Waals surface area contributed by atoms with Crippen LogP contribution in [-0.4, -0.2) is 41.9 Å². The Balaban J connectivity index is 1.63. The van der Waals surface area contributed by atoms with Gasteiger partial charge in [0.1, 0.15) is 17.1 Å².